The van der Waals surface area contributed by atoms with Crippen molar-refractivity contribution in [2.45, 2.75) is 6.43 Å². The first-order valence-corrected chi connectivity index (χ1v) is 5.16. The summed E-state index contributed by atoms with van der Waals surface area (Å²) in [6, 6.07) is 8.13. The van der Waals surface area contributed by atoms with Crippen LogP contribution in [0.1, 0.15) is 28.0 Å². The first-order chi connectivity index (χ1) is 8.59. The molecular weight excluding hydrogens is 240 g/mol. The number of phenolic OH excluding ortho intramolecular Hbond substituents is 1. The van der Waals surface area contributed by atoms with Gasteiger partial charge in [0.2, 0.25) is 5.78 Å². The van der Waals surface area contributed by atoms with Gasteiger partial charge in [0, 0.05) is 11.8 Å². The van der Waals surface area contributed by atoms with E-state index >= 15 is 0 Å². The van der Waals surface area contributed by atoms with Crippen LogP contribution in [0, 0.1) is 0 Å². The number of aromatic hydroxyl groups is 1. The van der Waals surface area contributed by atoms with E-state index in [1.54, 1.807) is 12.1 Å². The van der Waals surface area contributed by atoms with Gasteiger partial charge in [0.1, 0.15) is 11.4 Å². The van der Waals surface area contributed by atoms with Crippen LogP contribution in [0.4, 0.5) is 8.78 Å². The number of halogens is 2. The third kappa shape index (κ3) is 2.34. The van der Waals surface area contributed by atoms with Crippen LogP contribution in [0.15, 0.2) is 42.6 Å². The average molecular weight is 249 g/mol. The Labute approximate surface area is 102 Å². The highest BCUT2D eigenvalue weighted by Crippen LogP contribution is 2.29. The summed E-state index contributed by atoms with van der Waals surface area (Å²) in [6.45, 7) is 0. The number of aromatic nitrogens is 1. The number of alkyl halides is 2. The molecule has 2 rings (SSSR count). The smallest absolute Gasteiger partial charge is 0.267 e. The van der Waals surface area contributed by atoms with Gasteiger partial charge in [-0.25, -0.2) is 8.78 Å². The number of rotatable bonds is 3. The minimum absolute atomic E-state index is 0.121. The lowest BCUT2D eigenvalue weighted by atomic mass is 10.0. The molecule has 1 aromatic heterocycles. The van der Waals surface area contributed by atoms with E-state index in [2.05, 4.69) is 4.98 Å². The Morgan fingerprint density at radius 1 is 1.22 bits per heavy atom. The Bertz CT molecular complexity index is 570. The van der Waals surface area contributed by atoms with Crippen molar-refractivity contribution in [3.63, 3.8) is 0 Å². The van der Waals surface area contributed by atoms with Gasteiger partial charge in [-0.3, -0.25) is 9.78 Å². The van der Waals surface area contributed by atoms with Crippen molar-refractivity contribution in [3.05, 3.63) is 59.4 Å². The van der Waals surface area contributed by atoms with Crippen molar-refractivity contribution in [1.82, 2.24) is 4.98 Å². The zero-order valence-electron chi connectivity index (χ0n) is 9.18. The molecule has 3 nitrogen and oxygen atoms in total. The molecule has 0 fully saturated rings. The molecular formula is C13H9F2NO2. The highest BCUT2D eigenvalue weighted by molar-refractivity contribution is 6.07. The Morgan fingerprint density at radius 3 is 2.56 bits per heavy atom. The normalized spacial score (nSPS) is 10.6. The van der Waals surface area contributed by atoms with Crippen molar-refractivity contribution >= 4 is 5.78 Å². The fourth-order valence-electron chi connectivity index (χ4n) is 1.51. The zero-order valence-corrected chi connectivity index (χ0v) is 9.18. The van der Waals surface area contributed by atoms with Crippen LogP contribution in [-0.2, 0) is 0 Å². The fourth-order valence-corrected chi connectivity index (χ4v) is 1.51. The number of carbonyl (C=O) groups excluding carboxylic acids is 1. The second-order valence-electron chi connectivity index (χ2n) is 3.62. The summed E-state index contributed by atoms with van der Waals surface area (Å²) in [6.07, 6.45) is -1.32. The minimum atomic E-state index is -2.77. The number of benzene rings is 1. The quantitative estimate of drug-likeness (QED) is 0.851. The number of hydrogen-bond donors (Lipinski definition) is 1. The first kappa shape index (κ1) is 12.2. The molecule has 18 heavy (non-hydrogen) atoms. The molecule has 2 aromatic rings. The lowest BCUT2D eigenvalue weighted by Gasteiger charge is -2.05. The molecule has 5 heteroatoms. The van der Waals surface area contributed by atoms with E-state index in [-0.39, 0.29) is 11.3 Å². The third-order valence-corrected chi connectivity index (χ3v) is 2.43. The van der Waals surface area contributed by atoms with Gasteiger partial charge >= 0.3 is 0 Å². The van der Waals surface area contributed by atoms with Crippen LogP contribution < -0.4 is 0 Å². The van der Waals surface area contributed by atoms with E-state index in [0.29, 0.717) is 0 Å². The molecule has 0 aliphatic carbocycles. The van der Waals surface area contributed by atoms with Gasteiger partial charge in [0.05, 0.1) is 5.56 Å². The molecule has 0 unspecified atom stereocenters. The summed E-state index contributed by atoms with van der Waals surface area (Å²) in [5.74, 6) is -1.02. The van der Waals surface area contributed by atoms with Gasteiger partial charge in [-0.2, -0.15) is 0 Å². The summed E-state index contributed by atoms with van der Waals surface area (Å²) in [5, 5.41) is 9.40. The van der Waals surface area contributed by atoms with Crippen molar-refractivity contribution in [1.29, 1.82) is 0 Å². The van der Waals surface area contributed by atoms with E-state index < -0.39 is 23.5 Å². The van der Waals surface area contributed by atoms with Crippen molar-refractivity contribution in [3.8, 4) is 5.75 Å². The number of hydrogen-bond acceptors (Lipinski definition) is 3. The van der Waals surface area contributed by atoms with E-state index in [1.165, 1.54) is 18.3 Å². The predicted octanol–water partition coefficient (Wildman–Crippen LogP) is 2.96. The minimum Gasteiger partial charge on any atom is -0.507 e. The second kappa shape index (κ2) is 4.91. The number of phenols is 1. The summed E-state index contributed by atoms with van der Waals surface area (Å²) >= 11 is 0. The van der Waals surface area contributed by atoms with E-state index in [9.17, 15) is 18.7 Å². The SMILES string of the molecule is O=C(c1ccc(C(F)F)c(O)c1)c1ccccn1. The Morgan fingerprint density at radius 2 is 2.00 bits per heavy atom. The summed E-state index contributed by atoms with van der Waals surface area (Å²) in [7, 11) is 0. The lowest BCUT2D eigenvalue weighted by Crippen LogP contribution is -2.03. The monoisotopic (exact) mass is 249 g/mol. The van der Waals surface area contributed by atoms with Gasteiger partial charge in [-0.15, -0.1) is 0 Å². The van der Waals surface area contributed by atoms with Crippen molar-refractivity contribution in [2.75, 3.05) is 0 Å². The predicted molar refractivity (Wildman–Crippen MR) is 60.7 cm³/mol. The van der Waals surface area contributed by atoms with Crippen molar-refractivity contribution in [2.24, 2.45) is 0 Å². The summed E-state index contributed by atoms with van der Waals surface area (Å²) < 4.78 is 24.9. The molecule has 1 heterocycles. The third-order valence-electron chi connectivity index (χ3n) is 2.43. The Kier molecular flexibility index (Phi) is 3.32. The number of pyridine rings is 1. The first-order valence-electron chi connectivity index (χ1n) is 5.16. The number of carbonyl (C=O) groups is 1. The Hall–Kier alpha value is -2.30. The molecule has 1 aromatic carbocycles. The summed E-state index contributed by atoms with van der Waals surface area (Å²) in [5.41, 5.74) is -0.176. The lowest BCUT2D eigenvalue weighted by molar-refractivity contribution is 0.103. The molecule has 0 bridgehead atoms. The second-order valence-corrected chi connectivity index (χ2v) is 3.62. The fraction of sp³-hybridized carbons (Fsp3) is 0.0769. The van der Waals surface area contributed by atoms with E-state index in [4.69, 9.17) is 0 Å². The van der Waals surface area contributed by atoms with Crippen LogP contribution in [0.2, 0.25) is 0 Å². The van der Waals surface area contributed by atoms with Gasteiger partial charge < -0.3 is 5.11 Å². The maximum absolute atomic E-state index is 12.4. The molecule has 0 saturated carbocycles. The van der Waals surface area contributed by atoms with Crippen LogP contribution in [-0.4, -0.2) is 15.9 Å². The standard InChI is InChI=1S/C13H9F2NO2/c14-13(15)9-5-4-8(7-11(9)17)12(18)10-3-1-2-6-16-10/h1-7,13,17H. The molecule has 0 amide bonds. The maximum Gasteiger partial charge on any atom is 0.267 e. The van der Waals surface area contributed by atoms with Gasteiger partial charge in [-0.05, 0) is 24.3 Å². The van der Waals surface area contributed by atoms with Gasteiger partial charge in [0.25, 0.3) is 6.43 Å². The highest BCUT2D eigenvalue weighted by atomic mass is 19.3. The van der Waals surface area contributed by atoms with Crippen LogP contribution in [0.25, 0.3) is 0 Å². The Balaban J connectivity index is 2.36. The largest absolute Gasteiger partial charge is 0.507 e. The van der Waals surface area contributed by atoms with Crippen LogP contribution in [0.3, 0.4) is 0 Å². The molecule has 0 atom stereocenters. The molecule has 0 aliphatic rings. The maximum atomic E-state index is 12.4. The van der Waals surface area contributed by atoms with Crippen LogP contribution >= 0.6 is 0 Å². The topological polar surface area (TPSA) is 50.2 Å². The molecule has 0 spiro atoms. The van der Waals surface area contributed by atoms with Crippen molar-refractivity contribution < 1.29 is 18.7 Å². The molecule has 0 radical (unpaired) electrons. The highest BCUT2D eigenvalue weighted by Gasteiger charge is 2.16. The van der Waals surface area contributed by atoms with E-state index in [0.717, 1.165) is 12.1 Å². The zero-order chi connectivity index (χ0) is 13.1. The summed E-state index contributed by atoms with van der Waals surface area (Å²) in [4.78, 5) is 15.8. The molecule has 0 aliphatic heterocycles. The van der Waals surface area contributed by atoms with E-state index in [1.807, 2.05) is 0 Å². The number of nitrogens with zero attached hydrogens (tertiary/aromatic N) is 1. The van der Waals surface area contributed by atoms with Crippen LogP contribution in [0.5, 0.6) is 5.75 Å². The molecule has 1 N–H and O–H groups in total. The average Bonchev–Trinajstić information content (AvgIpc) is 2.38. The molecule has 0 saturated heterocycles. The number of ketones is 1. The van der Waals surface area contributed by atoms with Gasteiger partial charge in [-0.1, -0.05) is 12.1 Å². The molecule has 92 valence electrons. The van der Waals surface area contributed by atoms with Gasteiger partial charge in [0.15, 0.2) is 0 Å².